The third kappa shape index (κ3) is 4.34. The quantitative estimate of drug-likeness (QED) is 0.587. The van der Waals surface area contributed by atoms with E-state index in [1.165, 1.54) is 18.4 Å². The number of oxazole rings is 1. The van der Waals surface area contributed by atoms with Crippen LogP contribution in [0.25, 0.3) is 11.5 Å². The molecular formula is C20H22N2O4S2. The number of esters is 1. The summed E-state index contributed by atoms with van der Waals surface area (Å²) in [6, 6.07) is 3.70. The van der Waals surface area contributed by atoms with Crippen LogP contribution in [0, 0.1) is 6.92 Å². The Morgan fingerprint density at radius 1 is 1.32 bits per heavy atom. The lowest BCUT2D eigenvalue weighted by Gasteiger charge is -2.15. The Morgan fingerprint density at radius 3 is 2.68 bits per heavy atom. The number of aryl methyl sites for hydroxylation is 1. The zero-order valence-electron chi connectivity index (χ0n) is 16.4. The van der Waals surface area contributed by atoms with Crippen LogP contribution in [0.1, 0.15) is 47.5 Å². The molecule has 8 heteroatoms. The molecule has 0 aliphatic rings. The predicted molar refractivity (Wildman–Crippen MR) is 111 cm³/mol. The lowest BCUT2D eigenvalue weighted by molar-refractivity contribution is -0.115. The number of hydrogen-bond acceptors (Lipinski definition) is 7. The van der Waals surface area contributed by atoms with Gasteiger partial charge < -0.3 is 14.5 Å². The minimum Gasteiger partial charge on any atom is -0.465 e. The molecule has 3 aromatic heterocycles. The second kappa shape index (κ2) is 7.89. The smallest absolute Gasteiger partial charge is 0.340 e. The average Bonchev–Trinajstić information content (AvgIpc) is 3.34. The fraction of sp³-hybridized carbons (Fsp3) is 0.350. The molecular weight excluding hydrogens is 396 g/mol. The molecule has 0 aliphatic heterocycles. The number of nitrogens with zero attached hydrogens (tertiary/aromatic N) is 1. The van der Waals surface area contributed by atoms with Crippen LogP contribution in [0.5, 0.6) is 0 Å². The summed E-state index contributed by atoms with van der Waals surface area (Å²) in [6.45, 7) is 7.94. The highest BCUT2D eigenvalue weighted by molar-refractivity contribution is 7.16. The molecule has 0 unspecified atom stereocenters. The first-order valence-electron chi connectivity index (χ1n) is 8.70. The lowest BCUT2D eigenvalue weighted by Crippen LogP contribution is -2.16. The van der Waals surface area contributed by atoms with Crippen LogP contribution in [0.3, 0.4) is 0 Å². The number of thiophene rings is 2. The van der Waals surface area contributed by atoms with Gasteiger partial charge in [0.25, 0.3) is 0 Å². The number of rotatable bonds is 5. The highest BCUT2D eigenvalue weighted by Crippen LogP contribution is 2.36. The molecule has 0 spiro atoms. The summed E-state index contributed by atoms with van der Waals surface area (Å²) in [5, 5.41) is 7.21. The van der Waals surface area contributed by atoms with E-state index < -0.39 is 5.97 Å². The molecule has 0 aliphatic carbocycles. The van der Waals surface area contributed by atoms with Gasteiger partial charge in [-0.05, 0) is 29.9 Å². The standard InChI is InChI=1S/C20H22N2O4S2/c1-11-14(21-17(26-11)12-6-7-27-10-12)9-16(23)22-18-13(19(24)25-5)8-15(28-18)20(2,3)4/h6-8,10H,9H2,1-5H3,(H,22,23). The van der Waals surface area contributed by atoms with Crippen LogP contribution < -0.4 is 5.32 Å². The Balaban J connectivity index is 1.80. The Labute approximate surface area is 171 Å². The van der Waals surface area contributed by atoms with E-state index in [4.69, 9.17) is 9.15 Å². The number of carbonyl (C=O) groups excluding carboxylic acids is 2. The number of aromatic nitrogens is 1. The molecule has 0 bridgehead atoms. The van der Waals surface area contributed by atoms with Crippen molar-refractivity contribution in [3.63, 3.8) is 0 Å². The molecule has 28 heavy (non-hydrogen) atoms. The van der Waals surface area contributed by atoms with Gasteiger partial charge in [-0.15, -0.1) is 11.3 Å². The topological polar surface area (TPSA) is 81.4 Å². The summed E-state index contributed by atoms with van der Waals surface area (Å²) < 4.78 is 10.5. The van der Waals surface area contributed by atoms with E-state index in [-0.39, 0.29) is 17.7 Å². The summed E-state index contributed by atoms with van der Waals surface area (Å²) in [5.74, 6) is 0.370. The number of anilines is 1. The number of carbonyl (C=O) groups is 2. The minimum atomic E-state index is -0.473. The number of methoxy groups -OCH3 is 1. The SMILES string of the molecule is COC(=O)c1cc(C(C)(C)C)sc1NC(=O)Cc1nc(-c2ccsc2)oc1C. The third-order valence-corrected chi connectivity index (χ3v) is 6.28. The fourth-order valence-corrected chi connectivity index (χ4v) is 4.29. The summed E-state index contributed by atoms with van der Waals surface area (Å²) in [4.78, 5) is 30.2. The first kappa shape index (κ1) is 20.3. The maximum Gasteiger partial charge on any atom is 0.340 e. The van der Waals surface area contributed by atoms with Crippen molar-refractivity contribution in [1.29, 1.82) is 0 Å². The van der Waals surface area contributed by atoms with E-state index in [0.29, 0.717) is 27.9 Å². The number of nitrogens with one attached hydrogen (secondary N) is 1. The van der Waals surface area contributed by atoms with Crippen LogP contribution in [0.4, 0.5) is 5.00 Å². The van der Waals surface area contributed by atoms with Crippen molar-refractivity contribution in [3.05, 3.63) is 44.8 Å². The molecule has 0 saturated carbocycles. The van der Waals surface area contributed by atoms with Crippen molar-refractivity contribution in [1.82, 2.24) is 4.98 Å². The van der Waals surface area contributed by atoms with E-state index in [0.717, 1.165) is 10.4 Å². The average molecular weight is 419 g/mol. The van der Waals surface area contributed by atoms with Gasteiger partial charge >= 0.3 is 5.97 Å². The maximum atomic E-state index is 12.6. The number of amides is 1. The van der Waals surface area contributed by atoms with Gasteiger partial charge in [0.2, 0.25) is 11.8 Å². The second-order valence-electron chi connectivity index (χ2n) is 7.35. The van der Waals surface area contributed by atoms with Gasteiger partial charge in [-0.25, -0.2) is 9.78 Å². The van der Waals surface area contributed by atoms with E-state index in [1.807, 2.05) is 16.8 Å². The molecule has 1 N–H and O–H groups in total. The Hall–Kier alpha value is -2.45. The van der Waals surface area contributed by atoms with Crippen LogP contribution in [0.2, 0.25) is 0 Å². The van der Waals surface area contributed by atoms with Gasteiger partial charge in [0.05, 0.1) is 24.8 Å². The molecule has 3 heterocycles. The molecule has 0 fully saturated rings. The fourth-order valence-electron chi connectivity index (χ4n) is 2.54. The van der Waals surface area contributed by atoms with Crippen molar-refractivity contribution in [3.8, 4) is 11.5 Å². The minimum absolute atomic E-state index is 0.0584. The molecule has 0 radical (unpaired) electrons. The highest BCUT2D eigenvalue weighted by atomic mass is 32.1. The first-order valence-corrected chi connectivity index (χ1v) is 10.5. The van der Waals surface area contributed by atoms with Crippen molar-refractivity contribution < 1.29 is 18.7 Å². The highest BCUT2D eigenvalue weighted by Gasteiger charge is 2.25. The van der Waals surface area contributed by atoms with E-state index >= 15 is 0 Å². The molecule has 1 amide bonds. The normalized spacial score (nSPS) is 11.5. The largest absolute Gasteiger partial charge is 0.465 e. The van der Waals surface area contributed by atoms with Crippen molar-refractivity contribution in [2.75, 3.05) is 12.4 Å². The summed E-state index contributed by atoms with van der Waals surface area (Å²) in [7, 11) is 1.33. The monoisotopic (exact) mass is 418 g/mol. The zero-order chi connectivity index (χ0) is 20.5. The van der Waals surface area contributed by atoms with Crippen molar-refractivity contribution in [2.24, 2.45) is 0 Å². The maximum absolute atomic E-state index is 12.6. The summed E-state index contributed by atoms with van der Waals surface area (Å²) >= 11 is 2.94. The molecule has 3 aromatic rings. The second-order valence-corrected chi connectivity index (χ2v) is 9.19. The number of hydrogen-bond donors (Lipinski definition) is 1. The molecule has 6 nitrogen and oxygen atoms in total. The van der Waals surface area contributed by atoms with E-state index in [9.17, 15) is 9.59 Å². The molecule has 148 valence electrons. The Morgan fingerprint density at radius 2 is 2.07 bits per heavy atom. The number of ether oxygens (including phenoxy) is 1. The lowest BCUT2D eigenvalue weighted by atomic mass is 9.94. The zero-order valence-corrected chi connectivity index (χ0v) is 18.0. The summed E-state index contributed by atoms with van der Waals surface area (Å²) in [5.41, 5.74) is 1.68. The third-order valence-electron chi connectivity index (χ3n) is 4.12. The molecule has 0 saturated heterocycles. The van der Waals surface area contributed by atoms with Crippen molar-refractivity contribution in [2.45, 2.75) is 39.5 Å². The van der Waals surface area contributed by atoms with Gasteiger partial charge in [0, 0.05) is 15.8 Å². The van der Waals surface area contributed by atoms with Crippen LogP contribution in [-0.4, -0.2) is 24.0 Å². The summed E-state index contributed by atoms with van der Waals surface area (Å²) in [6.07, 6.45) is 0.0584. The Kier molecular flexibility index (Phi) is 5.71. The van der Waals surface area contributed by atoms with Gasteiger partial charge in [-0.2, -0.15) is 11.3 Å². The molecule has 3 rings (SSSR count). The first-order chi connectivity index (χ1) is 13.2. The van der Waals surface area contributed by atoms with Crippen LogP contribution in [0.15, 0.2) is 27.3 Å². The van der Waals surface area contributed by atoms with Gasteiger partial charge in [0.15, 0.2) is 0 Å². The van der Waals surface area contributed by atoms with Crippen molar-refractivity contribution >= 4 is 39.6 Å². The predicted octanol–water partition coefficient (Wildman–Crippen LogP) is 5.04. The van der Waals surface area contributed by atoms with Gasteiger partial charge in [-0.3, -0.25) is 4.79 Å². The van der Waals surface area contributed by atoms with E-state index in [1.54, 1.807) is 24.3 Å². The van der Waals surface area contributed by atoms with Gasteiger partial charge in [-0.1, -0.05) is 20.8 Å². The Bertz CT molecular complexity index is 994. The van der Waals surface area contributed by atoms with Crippen LogP contribution in [-0.2, 0) is 21.4 Å². The van der Waals surface area contributed by atoms with Gasteiger partial charge in [0.1, 0.15) is 10.8 Å². The van der Waals surface area contributed by atoms with Crippen LogP contribution >= 0.6 is 22.7 Å². The molecule has 0 atom stereocenters. The molecule has 0 aromatic carbocycles. The van der Waals surface area contributed by atoms with E-state index in [2.05, 4.69) is 31.1 Å².